The second-order valence-corrected chi connectivity index (χ2v) is 6.43. The zero-order chi connectivity index (χ0) is 17.6. The van der Waals surface area contributed by atoms with Crippen LogP contribution in [0.2, 0.25) is 0 Å². The third-order valence-corrected chi connectivity index (χ3v) is 2.96. The van der Waals surface area contributed by atoms with E-state index < -0.39 is 17.7 Å². The number of rotatable bonds is 7. The number of nitrogens with one attached hydrogen (secondary N) is 1. The van der Waals surface area contributed by atoms with Crippen LogP contribution in [0.3, 0.4) is 0 Å². The summed E-state index contributed by atoms with van der Waals surface area (Å²) >= 11 is 0. The molecule has 1 aromatic rings. The lowest BCUT2D eigenvalue weighted by molar-refractivity contribution is -0.109. The summed E-state index contributed by atoms with van der Waals surface area (Å²) in [7, 11) is 3.83. The molecule has 1 aromatic heterocycles. The predicted octanol–water partition coefficient (Wildman–Crippen LogP) is 2.07. The number of carbonyl (C=O) groups excluding carboxylic acids is 2. The molecular weight excluding hydrogens is 296 g/mol. The Morgan fingerprint density at radius 1 is 1.52 bits per heavy atom. The van der Waals surface area contributed by atoms with Gasteiger partial charge in [-0.1, -0.05) is 6.58 Å². The minimum absolute atomic E-state index is 0.418. The van der Waals surface area contributed by atoms with E-state index in [0.717, 1.165) is 11.5 Å². The molecule has 1 rings (SSSR count). The van der Waals surface area contributed by atoms with Crippen molar-refractivity contribution in [2.45, 2.75) is 45.4 Å². The molecule has 0 aliphatic carbocycles. The molecule has 0 saturated heterocycles. The normalized spacial score (nSPS) is 12.4. The van der Waals surface area contributed by atoms with Crippen molar-refractivity contribution in [1.29, 1.82) is 0 Å². The first kappa shape index (κ1) is 18.7. The number of amides is 1. The summed E-state index contributed by atoms with van der Waals surface area (Å²) in [5, 5.41) is 6.95. The molecule has 1 heterocycles. The molecule has 23 heavy (non-hydrogen) atoms. The zero-order valence-electron chi connectivity index (χ0n) is 14.5. The van der Waals surface area contributed by atoms with Crippen molar-refractivity contribution in [3.05, 3.63) is 18.3 Å². The maximum Gasteiger partial charge on any atom is 0.408 e. The highest BCUT2D eigenvalue weighted by Gasteiger charge is 2.19. The Morgan fingerprint density at radius 2 is 2.17 bits per heavy atom. The first-order chi connectivity index (χ1) is 10.7. The summed E-state index contributed by atoms with van der Waals surface area (Å²) in [6.07, 6.45) is 2.19. The third kappa shape index (κ3) is 6.14. The topological polar surface area (TPSA) is 76.5 Å². The fourth-order valence-corrected chi connectivity index (χ4v) is 1.95. The molecular formula is C16H26N4O3. The van der Waals surface area contributed by atoms with E-state index in [0.29, 0.717) is 19.3 Å². The number of anilines is 1. The number of aldehydes is 1. The zero-order valence-corrected chi connectivity index (χ0v) is 14.5. The lowest BCUT2D eigenvalue weighted by Crippen LogP contribution is -2.40. The van der Waals surface area contributed by atoms with Crippen LogP contribution in [0, 0.1) is 0 Å². The first-order valence-electron chi connectivity index (χ1n) is 7.48. The number of aryl methyl sites for hydroxylation is 1. The van der Waals surface area contributed by atoms with Crippen molar-refractivity contribution in [2.75, 3.05) is 19.0 Å². The quantitative estimate of drug-likeness (QED) is 0.778. The molecule has 0 bridgehead atoms. The van der Waals surface area contributed by atoms with Gasteiger partial charge in [0.1, 0.15) is 17.7 Å². The largest absolute Gasteiger partial charge is 0.444 e. The van der Waals surface area contributed by atoms with E-state index >= 15 is 0 Å². The molecule has 0 spiro atoms. The SMILES string of the molecule is C=Cc1cc(N(C)C)n(CCC(C=O)NC(=O)OC(C)(C)C)n1. The first-order valence-corrected chi connectivity index (χ1v) is 7.48. The van der Waals surface area contributed by atoms with Crippen LogP contribution in [0.15, 0.2) is 12.6 Å². The highest BCUT2D eigenvalue weighted by atomic mass is 16.6. The van der Waals surface area contributed by atoms with Crippen LogP contribution in [0.5, 0.6) is 0 Å². The molecule has 0 fully saturated rings. The van der Waals surface area contributed by atoms with Crippen LogP contribution in [-0.2, 0) is 16.1 Å². The summed E-state index contributed by atoms with van der Waals surface area (Å²) < 4.78 is 6.93. The van der Waals surface area contributed by atoms with Gasteiger partial charge in [0.15, 0.2) is 0 Å². The van der Waals surface area contributed by atoms with Gasteiger partial charge in [0.2, 0.25) is 0 Å². The molecule has 7 nitrogen and oxygen atoms in total. The highest BCUT2D eigenvalue weighted by Crippen LogP contribution is 2.15. The lowest BCUT2D eigenvalue weighted by Gasteiger charge is -2.22. The molecule has 1 unspecified atom stereocenters. The van der Waals surface area contributed by atoms with Crippen LogP contribution in [0.1, 0.15) is 32.9 Å². The molecule has 0 radical (unpaired) electrons. The molecule has 0 saturated carbocycles. The van der Waals surface area contributed by atoms with Crippen LogP contribution < -0.4 is 10.2 Å². The second kappa shape index (κ2) is 7.80. The molecule has 1 atom stereocenters. The van der Waals surface area contributed by atoms with E-state index in [1.54, 1.807) is 31.5 Å². The van der Waals surface area contributed by atoms with Gasteiger partial charge in [-0.25, -0.2) is 9.48 Å². The van der Waals surface area contributed by atoms with Gasteiger partial charge in [0, 0.05) is 26.7 Å². The van der Waals surface area contributed by atoms with E-state index in [-0.39, 0.29) is 0 Å². The van der Waals surface area contributed by atoms with Gasteiger partial charge >= 0.3 is 6.09 Å². The van der Waals surface area contributed by atoms with Crippen LogP contribution >= 0.6 is 0 Å². The van der Waals surface area contributed by atoms with E-state index in [2.05, 4.69) is 17.0 Å². The minimum Gasteiger partial charge on any atom is -0.444 e. The fraction of sp³-hybridized carbons (Fsp3) is 0.562. The number of carbonyl (C=O) groups is 2. The Balaban J connectivity index is 2.67. The summed E-state index contributed by atoms with van der Waals surface area (Å²) in [4.78, 5) is 24.8. The lowest BCUT2D eigenvalue weighted by atomic mass is 10.2. The predicted molar refractivity (Wildman–Crippen MR) is 90.5 cm³/mol. The summed E-state index contributed by atoms with van der Waals surface area (Å²) in [5.41, 5.74) is 0.160. The Labute approximate surface area is 137 Å². The molecule has 128 valence electrons. The minimum atomic E-state index is -0.628. The fourth-order valence-electron chi connectivity index (χ4n) is 1.95. The van der Waals surface area contributed by atoms with Crippen LogP contribution in [-0.4, -0.2) is 47.9 Å². The number of alkyl carbamates (subject to hydrolysis) is 1. The van der Waals surface area contributed by atoms with Gasteiger partial charge in [-0.2, -0.15) is 5.10 Å². The molecule has 1 amide bonds. The number of hydrogen-bond acceptors (Lipinski definition) is 5. The Kier molecular flexibility index (Phi) is 6.36. The average molecular weight is 322 g/mol. The maximum absolute atomic E-state index is 11.7. The van der Waals surface area contributed by atoms with Gasteiger partial charge in [-0.15, -0.1) is 0 Å². The molecule has 7 heteroatoms. The number of nitrogens with zero attached hydrogens (tertiary/aromatic N) is 3. The summed E-state index contributed by atoms with van der Waals surface area (Å²) in [6, 6.07) is 1.28. The van der Waals surface area contributed by atoms with Crippen molar-refractivity contribution in [2.24, 2.45) is 0 Å². The van der Waals surface area contributed by atoms with Crippen molar-refractivity contribution < 1.29 is 14.3 Å². The van der Waals surface area contributed by atoms with Gasteiger partial charge in [0.25, 0.3) is 0 Å². The maximum atomic E-state index is 11.7. The summed E-state index contributed by atoms with van der Waals surface area (Å²) in [5.74, 6) is 0.904. The van der Waals surface area contributed by atoms with E-state index in [9.17, 15) is 9.59 Å². The smallest absolute Gasteiger partial charge is 0.408 e. The van der Waals surface area contributed by atoms with E-state index in [1.807, 2.05) is 25.1 Å². The molecule has 0 aromatic carbocycles. The number of aromatic nitrogens is 2. The molecule has 0 aliphatic heterocycles. The highest BCUT2D eigenvalue weighted by molar-refractivity contribution is 5.73. The van der Waals surface area contributed by atoms with E-state index in [4.69, 9.17) is 4.74 Å². The van der Waals surface area contributed by atoms with Crippen molar-refractivity contribution in [1.82, 2.24) is 15.1 Å². The van der Waals surface area contributed by atoms with Gasteiger partial charge in [0.05, 0.1) is 11.7 Å². The van der Waals surface area contributed by atoms with E-state index in [1.165, 1.54) is 0 Å². The van der Waals surface area contributed by atoms with Crippen LogP contribution in [0.4, 0.5) is 10.6 Å². The van der Waals surface area contributed by atoms with Gasteiger partial charge in [-0.05, 0) is 33.3 Å². The van der Waals surface area contributed by atoms with Gasteiger partial charge in [-0.3, -0.25) is 0 Å². The Morgan fingerprint density at radius 3 is 2.65 bits per heavy atom. The molecule has 1 N–H and O–H groups in total. The van der Waals surface area contributed by atoms with Crippen molar-refractivity contribution >= 4 is 24.3 Å². The number of hydrogen-bond donors (Lipinski definition) is 1. The average Bonchev–Trinajstić information content (AvgIpc) is 2.84. The Bertz CT molecular complexity index is 558. The third-order valence-electron chi connectivity index (χ3n) is 2.96. The monoisotopic (exact) mass is 322 g/mol. The van der Waals surface area contributed by atoms with Crippen LogP contribution in [0.25, 0.3) is 6.08 Å². The Hall–Kier alpha value is -2.31. The van der Waals surface area contributed by atoms with Crippen molar-refractivity contribution in [3.8, 4) is 0 Å². The standard InChI is InChI=1S/C16H26N4O3/c1-7-12-10-14(19(5)6)20(18-12)9-8-13(11-21)17-15(22)23-16(2,3)4/h7,10-11,13H,1,8-9H2,2-6H3,(H,17,22). The number of ether oxygens (including phenoxy) is 1. The summed E-state index contributed by atoms with van der Waals surface area (Å²) in [6.45, 7) is 9.50. The van der Waals surface area contributed by atoms with Gasteiger partial charge < -0.3 is 19.7 Å². The second-order valence-electron chi connectivity index (χ2n) is 6.43. The van der Waals surface area contributed by atoms with Crippen molar-refractivity contribution in [3.63, 3.8) is 0 Å². The molecule has 0 aliphatic rings.